The van der Waals surface area contributed by atoms with E-state index in [-0.39, 0.29) is 5.91 Å². The van der Waals surface area contributed by atoms with Crippen LogP contribution in [0.1, 0.15) is 32.9 Å². The van der Waals surface area contributed by atoms with Crippen molar-refractivity contribution < 1.29 is 14.3 Å². The van der Waals surface area contributed by atoms with E-state index in [0.717, 1.165) is 22.5 Å². The molecule has 0 bridgehead atoms. The average molecular weight is 422 g/mol. The molecule has 6 nitrogen and oxygen atoms in total. The van der Waals surface area contributed by atoms with E-state index in [1.807, 2.05) is 78.0 Å². The second kappa shape index (κ2) is 11.4. The van der Waals surface area contributed by atoms with E-state index in [1.54, 1.807) is 7.11 Å². The third-order valence-corrected chi connectivity index (χ3v) is 5.08. The van der Waals surface area contributed by atoms with Gasteiger partial charge < -0.3 is 14.4 Å². The first-order valence-electron chi connectivity index (χ1n) is 10.6. The second-order valence-electron chi connectivity index (χ2n) is 7.60. The molecule has 0 unspecified atom stereocenters. The zero-order valence-electron chi connectivity index (χ0n) is 18.6. The minimum atomic E-state index is -0.00291. The van der Waals surface area contributed by atoms with E-state index in [9.17, 15) is 4.79 Å². The molecule has 0 aliphatic rings. The van der Waals surface area contributed by atoms with Crippen molar-refractivity contribution >= 4 is 5.91 Å². The average Bonchev–Trinajstić information content (AvgIpc) is 3.10. The highest BCUT2D eigenvalue weighted by molar-refractivity contribution is 5.94. The van der Waals surface area contributed by atoms with Crippen molar-refractivity contribution in [1.82, 2.24) is 14.7 Å². The smallest absolute Gasteiger partial charge is 0.254 e. The topological polar surface area (TPSA) is 56.6 Å². The normalized spacial score (nSPS) is 10.9. The van der Waals surface area contributed by atoms with E-state index < -0.39 is 0 Å². The molecule has 0 aliphatic heterocycles. The maximum atomic E-state index is 13.2. The van der Waals surface area contributed by atoms with Gasteiger partial charge in [0.2, 0.25) is 0 Å². The predicted molar refractivity (Wildman–Crippen MR) is 121 cm³/mol. The number of aromatic nitrogens is 2. The first kappa shape index (κ1) is 22.7. The molecule has 6 heteroatoms. The van der Waals surface area contributed by atoms with Gasteiger partial charge in [0.15, 0.2) is 0 Å². The molecular weight excluding hydrogens is 390 g/mol. The van der Waals surface area contributed by atoms with E-state index >= 15 is 0 Å². The SMILES string of the molecule is COCCOCCN(Cc1ccccc1)C(=O)c1ccc(Cn2nc(C)cc2C)cc1. The molecule has 164 valence electrons. The fraction of sp³-hybridized carbons (Fsp3) is 0.360. The van der Waals surface area contributed by atoms with Crippen LogP contribution in [0.5, 0.6) is 0 Å². The lowest BCUT2D eigenvalue weighted by molar-refractivity contribution is 0.0477. The van der Waals surface area contributed by atoms with Crippen LogP contribution in [-0.4, -0.2) is 54.1 Å². The number of rotatable bonds is 11. The molecule has 1 amide bonds. The fourth-order valence-electron chi connectivity index (χ4n) is 3.42. The monoisotopic (exact) mass is 421 g/mol. The molecular formula is C25H31N3O3. The van der Waals surface area contributed by atoms with Crippen molar-refractivity contribution in [1.29, 1.82) is 0 Å². The highest BCUT2D eigenvalue weighted by atomic mass is 16.5. The first-order chi connectivity index (χ1) is 15.1. The minimum absolute atomic E-state index is 0.00291. The Kier molecular flexibility index (Phi) is 8.38. The van der Waals surface area contributed by atoms with Crippen molar-refractivity contribution in [2.45, 2.75) is 26.9 Å². The number of benzene rings is 2. The van der Waals surface area contributed by atoms with Gasteiger partial charge in [-0.3, -0.25) is 9.48 Å². The Hall–Kier alpha value is -2.96. The van der Waals surface area contributed by atoms with Crippen LogP contribution in [0.4, 0.5) is 0 Å². The molecule has 2 aromatic carbocycles. The summed E-state index contributed by atoms with van der Waals surface area (Å²) in [4.78, 5) is 15.1. The van der Waals surface area contributed by atoms with Gasteiger partial charge in [0.05, 0.1) is 32.1 Å². The number of aryl methyl sites for hydroxylation is 2. The molecule has 1 aromatic heterocycles. The number of methoxy groups -OCH3 is 1. The van der Waals surface area contributed by atoms with Crippen molar-refractivity contribution in [3.05, 3.63) is 88.7 Å². The molecule has 3 aromatic rings. The number of nitrogens with zero attached hydrogens (tertiary/aromatic N) is 3. The summed E-state index contributed by atoms with van der Waals surface area (Å²) in [6.45, 7) is 7.33. The van der Waals surface area contributed by atoms with E-state index in [1.165, 1.54) is 0 Å². The molecule has 0 radical (unpaired) electrons. The van der Waals surface area contributed by atoms with Gasteiger partial charge in [0.25, 0.3) is 5.91 Å². The highest BCUT2D eigenvalue weighted by Crippen LogP contribution is 2.13. The summed E-state index contributed by atoms with van der Waals surface area (Å²) in [5, 5.41) is 4.51. The Balaban J connectivity index is 1.67. The number of ether oxygens (including phenoxy) is 2. The summed E-state index contributed by atoms with van der Waals surface area (Å²) in [6.07, 6.45) is 0. The van der Waals surface area contributed by atoms with Gasteiger partial charge in [-0.2, -0.15) is 5.10 Å². The molecule has 0 spiro atoms. The fourth-order valence-corrected chi connectivity index (χ4v) is 3.42. The number of hydrogen-bond donors (Lipinski definition) is 0. The summed E-state index contributed by atoms with van der Waals surface area (Å²) in [5.41, 5.74) is 5.01. The van der Waals surface area contributed by atoms with Gasteiger partial charge in [0.1, 0.15) is 0 Å². The number of carbonyl (C=O) groups excluding carboxylic acids is 1. The molecule has 0 N–H and O–H groups in total. The Labute approximate surface area is 184 Å². The summed E-state index contributed by atoms with van der Waals surface area (Å²) in [6, 6.07) is 19.9. The van der Waals surface area contributed by atoms with Crippen LogP contribution in [0.25, 0.3) is 0 Å². The zero-order valence-corrected chi connectivity index (χ0v) is 18.6. The summed E-state index contributed by atoms with van der Waals surface area (Å²) < 4.78 is 12.6. The van der Waals surface area contributed by atoms with Crippen LogP contribution >= 0.6 is 0 Å². The van der Waals surface area contributed by atoms with Crippen molar-refractivity contribution in [3.63, 3.8) is 0 Å². The van der Waals surface area contributed by atoms with Gasteiger partial charge in [-0.25, -0.2) is 0 Å². The van der Waals surface area contributed by atoms with Gasteiger partial charge in [-0.05, 0) is 43.2 Å². The van der Waals surface area contributed by atoms with E-state index in [0.29, 0.717) is 45.0 Å². The number of hydrogen-bond acceptors (Lipinski definition) is 4. The van der Waals surface area contributed by atoms with Gasteiger partial charge in [-0.1, -0.05) is 42.5 Å². The largest absolute Gasteiger partial charge is 0.382 e. The van der Waals surface area contributed by atoms with Crippen LogP contribution in [0, 0.1) is 13.8 Å². The Bertz CT molecular complexity index is 952. The Morgan fingerprint density at radius 3 is 2.35 bits per heavy atom. The molecule has 0 atom stereocenters. The lowest BCUT2D eigenvalue weighted by Crippen LogP contribution is -2.33. The molecule has 3 rings (SSSR count). The summed E-state index contributed by atoms with van der Waals surface area (Å²) in [5.74, 6) is -0.00291. The van der Waals surface area contributed by atoms with Crippen molar-refractivity contribution in [3.8, 4) is 0 Å². The van der Waals surface area contributed by atoms with Crippen LogP contribution in [-0.2, 0) is 22.6 Å². The number of amides is 1. The summed E-state index contributed by atoms with van der Waals surface area (Å²) in [7, 11) is 1.65. The second-order valence-corrected chi connectivity index (χ2v) is 7.60. The van der Waals surface area contributed by atoms with E-state index in [2.05, 4.69) is 11.2 Å². The maximum absolute atomic E-state index is 13.2. The molecule has 31 heavy (non-hydrogen) atoms. The highest BCUT2D eigenvalue weighted by Gasteiger charge is 2.16. The van der Waals surface area contributed by atoms with Crippen LogP contribution in [0.2, 0.25) is 0 Å². The maximum Gasteiger partial charge on any atom is 0.254 e. The third-order valence-electron chi connectivity index (χ3n) is 5.08. The standard InChI is InChI=1S/C25H31N3O3/c1-20-17-21(2)28(26-20)19-23-9-11-24(12-10-23)25(29)27(13-14-31-16-15-30-3)18-22-7-5-4-6-8-22/h4-12,17H,13-16,18-19H2,1-3H3. The Morgan fingerprint density at radius 1 is 0.968 bits per heavy atom. The molecule has 0 saturated carbocycles. The van der Waals surface area contributed by atoms with Gasteiger partial charge in [0, 0.05) is 31.5 Å². The van der Waals surface area contributed by atoms with Crippen LogP contribution in [0.15, 0.2) is 60.7 Å². The van der Waals surface area contributed by atoms with E-state index in [4.69, 9.17) is 9.47 Å². The van der Waals surface area contributed by atoms with Crippen LogP contribution < -0.4 is 0 Å². The Morgan fingerprint density at radius 2 is 1.71 bits per heavy atom. The molecule has 0 aliphatic carbocycles. The number of carbonyl (C=O) groups is 1. The predicted octanol–water partition coefficient (Wildman–Crippen LogP) is 3.85. The lowest BCUT2D eigenvalue weighted by Gasteiger charge is -2.23. The molecule has 0 saturated heterocycles. The third kappa shape index (κ3) is 6.77. The zero-order chi connectivity index (χ0) is 22.1. The van der Waals surface area contributed by atoms with Crippen molar-refractivity contribution in [2.75, 3.05) is 33.5 Å². The quantitative estimate of drug-likeness (QED) is 0.441. The van der Waals surface area contributed by atoms with Gasteiger partial charge >= 0.3 is 0 Å². The molecule has 1 heterocycles. The van der Waals surface area contributed by atoms with Crippen LogP contribution in [0.3, 0.4) is 0 Å². The minimum Gasteiger partial charge on any atom is -0.382 e. The van der Waals surface area contributed by atoms with Gasteiger partial charge in [-0.15, -0.1) is 0 Å². The summed E-state index contributed by atoms with van der Waals surface area (Å²) >= 11 is 0. The van der Waals surface area contributed by atoms with Crippen molar-refractivity contribution in [2.24, 2.45) is 0 Å². The molecule has 0 fully saturated rings. The first-order valence-corrected chi connectivity index (χ1v) is 10.6. The lowest BCUT2D eigenvalue weighted by atomic mass is 10.1.